The van der Waals surface area contributed by atoms with Crippen molar-refractivity contribution in [1.29, 1.82) is 0 Å². The molecule has 2 nitrogen and oxygen atoms in total. The summed E-state index contributed by atoms with van der Waals surface area (Å²) >= 11 is 1.99. The molecule has 1 fully saturated rings. The van der Waals surface area contributed by atoms with Crippen LogP contribution >= 0.6 is 11.8 Å². The SMILES string of the molecule is COC(C)(CN)C1CCCS1. The van der Waals surface area contributed by atoms with Crippen molar-refractivity contribution in [3.05, 3.63) is 0 Å². The molecule has 0 aromatic carbocycles. The summed E-state index contributed by atoms with van der Waals surface area (Å²) in [6.07, 6.45) is 2.57. The van der Waals surface area contributed by atoms with Gasteiger partial charge in [0.2, 0.25) is 0 Å². The highest BCUT2D eigenvalue weighted by atomic mass is 32.2. The van der Waals surface area contributed by atoms with E-state index in [1.54, 1.807) is 7.11 Å². The van der Waals surface area contributed by atoms with Gasteiger partial charge >= 0.3 is 0 Å². The van der Waals surface area contributed by atoms with Gasteiger partial charge in [-0.25, -0.2) is 0 Å². The van der Waals surface area contributed by atoms with Crippen molar-refractivity contribution in [3.63, 3.8) is 0 Å². The van der Waals surface area contributed by atoms with Gasteiger partial charge in [-0.3, -0.25) is 0 Å². The Morgan fingerprint density at radius 1 is 1.73 bits per heavy atom. The summed E-state index contributed by atoms with van der Waals surface area (Å²) in [5.74, 6) is 1.27. The molecule has 0 amide bonds. The van der Waals surface area contributed by atoms with E-state index in [9.17, 15) is 0 Å². The molecule has 1 aliphatic rings. The first-order chi connectivity index (χ1) is 5.23. The fourth-order valence-electron chi connectivity index (χ4n) is 1.41. The van der Waals surface area contributed by atoms with Gasteiger partial charge in [-0.05, 0) is 25.5 Å². The van der Waals surface area contributed by atoms with Gasteiger partial charge < -0.3 is 10.5 Å². The number of rotatable bonds is 3. The van der Waals surface area contributed by atoms with Crippen LogP contribution < -0.4 is 5.73 Å². The molecular formula is C8H17NOS. The second-order valence-electron chi connectivity index (χ2n) is 3.22. The van der Waals surface area contributed by atoms with Gasteiger partial charge in [-0.2, -0.15) is 11.8 Å². The predicted molar refractivity (Wildman–Crippen MR) is 49.9 cm³/mol. The van der Waals surface area contributed by atoms with Crippen molar-refractivity contribution in [2.45, 2.75) is 30.6 Å². The molecular weight excluding hydrogens is 158 g/mol. The predicted octanol–water partition coefficient (Wildman–Crippen LogP) is 1.25. The Morgan fingerprint density at radius 2 is 2.45 bits per heavy atom. The smallest absolute Gasteiger partial charge is 0.0890 e. The molecule has 2 atom stereocenters. The number of ether oxygens (including phenoxy) is 1. The van der Waals surface area contributed by atoms with Crippen LogP contribution in [0.25, 0.3) is 0 Å². The summed E-state index contributed by atoms with van der Waals surface area (Å²) in [6, 6.07) is 0. The minimum Gasteiger partial charge on any atom is -0.376 e. The molecule has 1 rings (SSSR count). The van der Waals surface area contributed by atoms with E-state index in [1.807, 2.05) is 11.8 Å². The van der Waals surface area contributed by atoms with Crippen LogP contribution in [0.1, 0.15) is 19.8 Å². The second-order valence-corrected chi connectivity index (χ2v) is 4.53. The maximum Gasteiger partial charge on any atom is 0.0890 e. The lowest BCUT2D eigenvalue weighted by molar-refractivity contribution is 0.0119. The van der Waals surface area contributed by atoms with Crippen molar-refractivity contribution in [1.82, 2.24) is 0 Å². The van der Waals surface area contributed by atoms with Crippen molar-refractivity contribution in [3.8, 4) is 0 Å². The van der Waals surface area contributed by atoms with Crippen molar-refractivity contribution in [2.75, 3.05) is 19.4 Å². The lowest BCUT2D eigenvalue weighted by atomic mass is 9.99. The van der Waals surface area contributed by atoms with Crippen molar-refractivity contribution < 1.29 is 4.74 Å². The normalized spacial score (nSPS) is 30.3. The molecule has 0 saturated carbocycles. The standard InChI is InChI=1S/C8H17NOS/c1-8(6-9,10-2)7-4-3-5-11-7/h7H,3-6,9H2,1-2H3. The Morgan fingerprint density at radius 3 is 2.82 bits per heavy atom. The molecule has 2 unspecified atom stereocenters. The average molecular weight is 175 g/mol. The Balaban J connectivity index is 2.52. The van der Waals surface area contributed by atoms with Crippen LogP contribution in [-0.2, 0) is 4.74 Å². The van der Waals surface area contributed by atoms with Crippen LogP contribution in [0.4, 0.5) is 0 Å². The molecule has 1 saturated heterocycles. The summed E-state index contributed by atoms with van der Waals surface area (Å²) in [4.78, 5) is 0. The molecule has 2 N–H and O–H groups in total. The van der Waals surface area contributed by atoms with Gasteiger partial charge in [0.15, 0.2) is 0 Å². The maximum atomic E-state index is 5.66. The first kappa shape index (κ1) is 9.36. The van der Waals surface area contributed by atoms with Crippen LogP contribution in [0.5, 0.6) is 0 Å². The molecule has 3 heteroatoms. The van der Waals surface area contributed by atoms with E-state index >= 15 is 0 Å². The summed E-state index contributed by atoms with van der Waals surface area (Å²) in [7, 11) is 1.76. The molecule has 0 aromatic heterocycles. The van der Waals surface area contributed by atoms with Crippen LogP contribution in [0.3, 0.4) is 0 Å². The molecule has 0 radical (unpaired) electrons. The highest BCUT2D eigenvalue weighted by molar-refractivity contribution is 8.00. The molecule has 1 aliphatic heterocycles. The van der Waals surface area contributed by atoms with E-state index in [2.05, 4.69) is 6.92 Å². The highest BCUT2D eigenvalue weighted by Gasteiger charge is 2.35. The Kier molecular flexibility index (Phi) is 3.22. The Labute approximate surface area is 72.9 Å². The molecule has 0 bridgehead atoms. The third-order valence-electron chi connectivity index (χ3n) is 2.48. The van der Waals surface area contributed by atoms with Gasteiger partial charge in [-0.15, -0.1) is 0 Å². The fraction of sp³-hybridized carbons (Fsp3) is 1.00. The number of nitrogens with two attached hydrogens (primary N) is 1. The second kappa shape index (κ2) is 3.78. The van der Waals surface area contributed by atoms with E-state index in [4.69, 9.17) is 10.5 Å². The lowest BCUT2D eigenvalue weighted by Gasteiger charge is -2.32. The Bertz CT molecular complexity index is 119. The quantitative estimate of drug-likeness (QED) is 0.701. The number of hydrogen-bond donors (Lipinski definition) is 1. The first-order valence-electron chi connectivity index (χ1n) is 4.10. The number of methoxy groups -OCH3 is 1. The van der Waals surface area contributed by atoms with Crippen LogP contribution in [0.15, 0.2) is 0 Å². The number of thioether (sulfide) groups is 1. The van der Waals surface area contributed by atoms with Crippen molar-refractivity contribution in [2.24, 2.45) is 5.73 Å². The molecule has 0 aliphatic carbocycles. The molecule has 0 spiro atoms. The van der Waals surface area contributed by atoms with Crippen LogP contribution in [0, 0.1) is 0 Å². The minimum absolute atomic E-state index is 0.0961. The van der Waals surface area contributed by atoms with Crippen molar-refractivity contribution >= 4 is 11.8 Å². The van der Waals surface area contributed by atoms with Gasteiger partial charge in [0, 0.05) is 18.9 Å². The Hall–Kier alpha value is 0.270. The van der Waals surface area contributed by atoms with Gasteiger partial charge in [-0.1, -0.05) is 0 Å². The van der Waals surface area contributed by atoms with E-state index in [1.165, 1.54) is 18.6 Å². The average Bonchev–Trinajstić information content (AvgIpc) is 2.55. The topological polar surface area (TPSA) is 35.2 Å². The first-order valence-corrected chi connectivity index (χ1v) is 5.14. The monoisotopic (exact) mass is 175 g/mol. The van der Waals surface area contributed by atoms with Gasteiger partial charge in [0.05, 0.1) is 5.60 Å². The van der Waals surface area contributed by atoms with E-state index in [-0.39, 0.29) is 5.60 Å². The zero-order valence-electron chi connectivity index (χ0n) is 7.30. The minimum atomic E-state index is -0.0961. The molecule has 66 valence electrons. The van der Waals surface area contributed by atoms with Gasteiger partial charge in [0.25, 0.3) is 0 Å². The van der Waals surface area contributed by atoms with E-state index < -0.39 is 0 Å². The van der Waals surface area contributed by atoms with Crippen LogP contribution in [-0.4, -0.2) is 30.3 Å². The van der Waals surface area contributed by atoms with E-state index in [0.29, 0.717) is 11.8 Å². The number of hydrogen-bond acceptors (Lipinski definition) is 3. The summed E-state index contributed by atoms with van der Waals surface area (Å²) in [5.41, 5.74) is 5.56. The summed E-state index contributed by atoms with van der Waals surface area (Å²) in [6.45, 7) is 2.73. The zero-order valence-corrected chi connectivity index (χ0v) is 8.12. The third-order valence-corrected chi connectivity index (χ3v) is 4.14. The van der Waals surface area contributed by atoms with E-state index in [0.717, 1.165) is 0 Å². The highest BCUT2D eigenvalue weighted by Crippen LogP contribution is 2.35. The third kappa shape index (κ3) is 1.89. The molecule has 11 heavy (non-hydrogen) atoms. The largest absolute Gasteiger partial charge is 0.376 e. The zero-order chi connectivity index (χ0) is 8.32. The fourth-order valence-corrected chi connectivity index (χ4v) is 2.90. The lowest BCUT2D eigenvalue weighted by Crippen LogP contribution is -2.45. The summed E-state index contributed by atoms with van der Waals surface area (Å²) in [5, 5.41) is 0.609. The van der Waals surface area contributed by atoms with Crippen LogP contribution in [0.2, 0.25) is 0 Å². The molecule has 0 aromatic rings. The van der Waals surface area contributed by atoms with Gasteiger partial charge in [0.1, 0.15) is 0 Å². The summed E-state index contributed by atoms with van der Waals surface area (Å²) < 4.78 is 5.43. The molecule has 1 heterocycles. The maximum absolute atomic E-state index is 5.66.